The summed E-state index contributed by atoms with van der Waals surface area (Å²) < 4.78 is 0. The maximum atomic E-state index is 12.8. The molecule has 0 fully saturated rings. The average molecular weight is 427 g/mol. The largest absolute Gasteiger partial charge is 0.357 e. The van der Waals surface area contributed by atoms with E-state index in [0.29, 0.717) is 17.2 Å². The van der Waals surface area contributed by atoms with Crippen LogP contribution in [0.4, 0.5) is 23.0 Å². The summed E-state index contributed by atoms with van der Waals surface area (Å²) in [6, 6.07) is 19.1. The summed E-state index contributed by atoms with van der Waals surface area (Å²) in [5.74, 6) is 2.11. The highest BCUT2D eigenvalue weighted by atomic mass is 16.1. The van der Waals surface area contributed by atoms with Gasteiger partial charge in [0.15, 0.2) is 0 Å². The van der Waals surface area contributed by atoms with Crippen LogP contribution in [0.3, 0.4) is 0 Å². The molecule has 0 bridgehead atoms. The number of carbonyl (C=O) groups is 1. The third-order valence-corrected chi connectivity index (χ3v) is 5.22. The van der Waals surface area contributed by atoms with E-state index >= 15 is 0 Å². The van der Waals surface area contributed by atoms with Crippen LogP contribution >= 0.6 is 0 Å². The second-order valence-corrected chi connectivity index (χ2v) is 7.37. The van der Waals surface area contributed by atoms with Crippen LogP contribution in [0.1, 0.15) is 30.2 Å². The summed E-state index contributed by atoms with van der Waals surface area (Å²) in [6.07, 6.45) is 1.65. The van der Waals surface area contributed by atoms with Crippen molar-refractivity contribution in [2.75, 3.05) is 28.6 Å². The van der Waals surface area contributed by atoms with E-state index in [0.717, 1.165) is 41.2 Å². The Morgan fingerprint density at radius 2 is 1.66 bits per heavy atom. The van der Waals surface area contributed by atoms with Crippen molar-refractivity contribution in [3.8, 4) is 0 Å². The second-order valence-electron chi connectivity index (χ2n) is 7.37. The predicted octanol–water partition coefficient (Wildman–Crippen LogP) is 5.18. The summed E-state index contributed by atoms with van der Waals surface area (Å²) >= 11 is 0. The molecule has 0 saturated carbocycles. The number of aromatic nitrogens is 3. The standard InChI is InChI=1S/C25H26N6O/c1-4-31(5-2)23-16-22(27-17(3)28-23)29-19-10-12-20(13-11-19)30-25(32)24-21-9-7-6-8-18(21)14-15-26-24/h6-16H,4-5H2,1-3H3,(H,30,32)(H,27,28,29). The molecule has 7 nitrogen and oxygen atoms in total. The van der Waals surface area contributed by atoms with Gasteiger partial charge in [0.2, 0.25) is 0 Å². The Hall–Kier alpha value is -4.00. The van der Waals surface area contributed by atoms with Gasteiger partial charge in [-0.2, -0.15) is 0 Å². The number of benzene rings is 2. The highest BCUT2D eigenvalue weighted by Gasteiger charge is 2.12. The molecule has 2 aromatic carbocycles. The summed E-state index contributed by atoms with van der Waals surface area (Å²) in [5.41, 5.74) is 1.97. The molecule has 0 unspecified atom stereocenters. The maximum absolute atomic E-state index is 12.8. The van der Waals surface area contributed by atoms with Crippen LogP contribution in [-0.2, 0) is 0 Å². The van der Waals surface area contributed by atoms with Crippen LogP contribution in [0.25, 0.3) is 10.8 Å². The Kier molecular flexibility index (Phi) is 6.26. The third kappa shape index (κ3) is 4.67. The minimum Gasteiger partial charge on any atom is -0.357 e. The zero-order valence-electron chi connectivity index (χ0n) is 18.5. The van der Waals surface area contributed by atoms with Gasteiger partial charge in [-0.05, 0) is 56.5 Å². The Morgan fingerprint density at radius 1 is 0.938 bits per heavy atom. The Bertz CT molecular complexity index is 1230. The Labute approximate surface area is 187 Å². The van der Waals surface area contributed by atoms with Crippen molar-refractivity contribution in [3.63, 3.8) is 0 Å². The zero-order chi connectivity index (χ0) is 22.5. The Morgan fingerprint density at radius 3 is 2.41 bits per heavy atom. The molecule has 2 N–H and O–H groups in total. The first-order valence-corrected chi connectivity index (χ1v) is 10.7. The maximum Gasteiger partial charge on any atom is 0.274 e. The number of nitrogens with one attached hydrogen (secondary N) is 2. The number of pyridine rings is 1. The molecule has 0 aliphatic carbocycles. The number of hydrogen-bond donors (Lipinski definition) is 2. The number of fused-ring (bicyclic) bond motifs is 1. The molecule has 0 radical (unpaired) electrons. The van der Waals surface area contributed by atoms with Gasteiger partial charge in [-0.25, -0.2) is 9.97 Å². The first kappa shape index (κ1) is 21.2. The van der Waals surface area contributed by atoms with Crippen molar-refractivity contribution in [1.82, 2.24) is 15.0 Å². The summed E-state index contributed by atoms with van der Waals surface area (Å²) in [6.45, 7) is 7.86. The number of hydrogen-bond acceptors (Lipinski definition) is 6. The molecule has 2 heterocycles. The van der Waals surface area contributed by atoms with Gasteiger partial charge in [-0.3, -0.25) is 9.78 Å². The molecule has 0 saturated heterocycles. The minimum absolute atomic E-state index is 0.238. The van der Waals surface area contributed by atoms with Crippen molar-refractivity contribution >= 4 is 39.7 Å². The first-order chi connectivity index (χ1) is 15.6. The topological polar surface area (TPSA) is 83.0 Å². The van der Waals surface area contributed by atoms with Gasteiger partial charge >= 0.3 is 0 Å². The van der Waals surface area contributed by atoms with Crippen LogP contribution in [0.5, 0.6) is 0 Å². The van der Waals surface area contributed by atoms with Gasteiger partial charge in [0, 0.05) is 42.1 Å². The number of carbonyl (C=O) groups excluding carboxylic acids is 1. The monoisotopic (exact) mass is 426 g/mol. The highest BCUT2D eigenvalue weighted by Crippen LogP contribution is 2.22. The molecular formula is C25H26N6O. The number of anilines is 4. The lowest BCUT2D eigenvalue weighted by molar-refractivity contribution is 0.102. The fraction of sp³-hybridized carbons (Fsp3) is 0.200. The molecule has 4 aromatic rings. The first-order valence-electron chi connectivity index (χ1n) is 10.7. The van der Waals surface area contributed by atoms with E-state index < -0.39 is 0 Å². The molecule has 4 rings (SSSR count). The molecule has 0 aliphatic heterocycles. The minimum atomic E-state index is -0.238. The molecule has 7 heteroatoms. The van der Waals surface area contributed by atoms with Crippen molar-refractivity contribution in [3.05, 3.63) is 78.4 Å². The zero-order valence-corrected chi connectivity index (χ0v) is 18.5. The van der Waals surface area contributed by atoms with Gasteiger partial charge in [0.25, 0.3) is 5.91 Å². The number of rotatable bonds is 7. The second kappa shape index (κ2) is 9.43. The number of amides is 1. The summed E-state index contributed by atoms with van der Waals surface area (Å²) in [7, 11) is 0. The lowest BCUT2D eigenvalue weighted by atomic mass is 10.1. The van der Waals surface area contributed by atoms with Gasteiger partial charge in [0.05, 0.1) is 0 Å². The molecule has 0 spiro atoms. The lowest BCUT2D eigenvalue weighted by Gasteiger charge is -2.20. The average Bonchev–Trinajstić information content (AvgIpc) is 2.80. The SMILES string of the molecule is CCN(CC)c1cc(Nc2ccc(NC(=O)c3nccc4ccccc34)cc2)nc(C)n1. The van der Waals surface area contributed by atoms with E-state index in [1.54, 1.807) is 6.20 Å². The predicted molar refractivity (Wildman–Crippen MR) is 130 cm³/mol. The van der Waals surface area contributed by atoms with Crippen molar-refractivity contribution in [2.45, 2.75) is 20.8 Å². The van der Waals surface area contributed by atoms with Crippen LogP contribution < -0.4 is 15.5 Å². The Balaban J connectivity index is 1.48. The number of nitrogens with zero attached hydrogens (tertiary/aromatic N) is 4. The smallest absolute Gasteiger partial charge is 0.274 e. The normalized spacial score (nSPS) is 10.7. The van der Waals surface area contributed by atoms with Crippen LogP contribution in [-0.4, -0.2) is 33.9 Å². The van der Waals surface area contributed by atoms with Gasteiger partial charge in [-0.15, -0.1) is 0 Å². The van der Waals surface area contributed by atoms with E-state index in [4.69, 9.17) is 0 Å². The van der Waals surface area contributed by atoms with Crippen LogP contribution in [0.15, 0.2) is 66.9 Å². The number of aryl methyl sites for hydroxylation is 1. The van der Waals surface area contributed by atoms with Crippen LogP contribution in [0.2, 0.25) is 0 Å². The molecule has 1 amide bonds. The molecular weight excluding hydrogens is 400 g/mol. The van der Waals surface area contributed by atoms with Gasteiger partial charge in [0.1, 0.15) is 23.2 Å². The van der Waals surface area contributed by atoms with E-state index in [9.17, 15) is 4.79 Å². The third-order valence-electron chi connectivity index (χ3n) is 5.22. The van der Waals surface area contributed by atoms with E-state index in [1.165, 1.54) is 0 Å². The fourth-order valence-electron chi connectivity index (χ4n) is 3.60. The van der Waals surface area contributed by atoms with Crippen LogP contribution in [0, 0.1) is 6.92 Å². The molecule has 2 aromatic heterocycles. The molecule has 0 atom stereocenters. The quantitative estimate of drug-likeness (QED) is 0.424. The van der Waals surface area contributed by atoms with Crippen molar-refractivity contribution < 1.29 is 4.79 Å². The highest BCUT2D eigenvalue weighted by molar-refractivity contribution is 6.11. The van der Waals surface area contributed by atoms with Crippen molar-refractivity contribution in [2.24, 2.45) is 0 Å². The lowest BCUT2D eigenvalue weighted by Crippen LogP contribution is -2.23. The van der Waals surface area contributed by atoms with Gasteiger partial charge in [-0.1, -0.05) is 24.3 Å². The van der Waals surface area contributed by atoms with Gasteiger partial charge < -0.3 is 15.5 Å². The molecule has 162 valence electrons. The molecule has 32 heavy (non-hydrogen) atoms. The van der Waals surface area contributed by atoms with E-state index in [1.807, 2.05) is 67.6 Å². The van der Waals surface area contributed by atoms with Crippen molar-refractivity contribution in [1.29, 1.82) is 0 Å². The molecule has 0 aliphatic rings. The summed E-state index contributed by atoms with van der Waals surface area (Å²) in [5, 5.41) is 8.06. The fourth-order valence-corrected chi connectivity index (χ4v) is 3.60. The van der Waals surface area contributed by atoms with E-state index in [-0.39, 0.29) is 5.91 Å². The van der Waals surface area contributed by atoms with E-state index in [2.05, 4.69) is 44.3 Å². The summed E-state index contributed by atoms with van der Waals surface area (Å²) in [4.78, 5) is 28.3.